The van der Waals surface area contributed by atoms with Crippen molar-refractivity contribution in [3.8, 4) is 5.69 Å². The number of tetrazole rings is 1. The Morgan fingerprint density at radius 3 is 2.80 bits per heavy atom. The van der Waals surface area contributed by atoms with E-state index in [0.717, 1.165) is 10.2 Å². The van der Waals surface area contributed by atoms with Crippen molar-refractivity contribution in [1.82, 2.24) is 25.5 Å². The number of rotatable bonds is 4. The van der Waals surface area contributed by atoms with Crippen LogP contribution < -0.4 is 10.6 Å². The normalized spacial score (nSPS) is 11.8. The third-order valence-electron chi connectivity index (χ3n) is 3.36. The van der Waals surface area contributed by atoms with Gasteiger partial charge in [-0.15, -0.1) is 5.10 Å². The van der Waals surface area contributed by atoms with Crippen molar-refractivity contribution < 1.29 is 4.79 Å². The van der Waals surface area contributed by atoms with E-state index in [1.165, 1.54) is 0 Å². The van der Waals surface area contributed by atoms with Crippen LogP contribution in [0.25, 0.3) is 5.69 Å². The van der Waals surface area contributed by atoms with Crippen LogP contribution in [0.4, 0.5) is 10.5 Å². The first-order valence-electron chi connectivity index (χ1n) is 7.40. The fourth-order valence-corrected chi connectivity index (χ4v) is 2.83. The highest BCUT2D eigenvalue weighted by Crippen LogP contribution is 2.19. The monoisotopic (exact) mass is 420 g/mol. The van der Waals surface area contributed by atoms with Gasteiger partial charge in [-0.3, -0.25) is 0 Å². The number of nitrogens with one attached hydrogen (secondary N) is 2. The number of anilines is 1. The predicted octanol–water partition coefficient (Wildman–Crippen LogP) is 3.96. The first-order chi connectivity index (χ1) is 12.0. The molecule has 2 aromatic carbocycles. The summed E-state index contributed by atoms with van der Waals surface area (Å²) in [6.07, 6.45) is 0. The topological polar surface area (TPSA) is 84.7 Å². The molecule has 25 heavy (non-hydrogen) atoms. The van der Waals surface area contributed by atoms with Gasteiger partial charge in [0.15, 0.2) is 5.82 Å². The molecule has 0 radical (unpaired) electrons. The summed E-state index contributed by atoms with van der Waals surface area (Å²) in [7, 11) is 0. The number of benzene rings is 2. The molecular formula is C16H14BrClN6O. The van der Waals surface area contributed by atoms with E-state index in [1.54, 1.807) is 35.9 Å². The molecule has 3 rings (SSSR count). The molecule has 7 nitrogen and oxygen atoms in total. The molecule has 1 atom stereocenters. The van der Waals surface area contributed by atoms with Crippen molar-refractivity contribution in [2.75, 3.05) is 5.32 Å². The van der Waals surface area contributed by atoms with Crippen molar-refractivity contribution in [2.45, 2.75) is 13.0 Å². The summed E-state index contributed by atoms with van der Waals surface area (Å²) < 4.78 is 2.49. The molecule has 0 saturated heterocycles. The summed E-state index contributed by atoms with van der Waals surface area (Å²) in [5.74, 6) is 0.513. The average molecular weight is 422 g/mol. The molecule has 0 aliphatic carbocycles. The molecule has 9 heteroatoms. The Bertz CT molecular complexity index is 900. The van der Waals surface area contributed by atoms with Crippen molar-refractivity contribution in [3.05, 3.63) is 63.9 Å². The van der Waals surface area contributed by atoms with Crippen molar-refractivity contribution in [3.63, 3.8) is 0 Å². The fraction of sp³-hybridized carbons (Fsp3) is 0.125. The molecule has 2 N–H and O–H groups in total. The lowest BCUT2D eigenvalue weighted by Crippen LogP contribution is -2.32. The van der Waals surface area contributed by atoms with Gasteiger partial charge in [0.05, 0.1) is 11.7 Å². The number of halogens is 2. The van der Waals surface area contributed by atoms with Crippen LogP contribution in [0.5, 0.6) is 0 Å². The number of urea groups is 1. The van der Waals surface area contributed by atoms with Gasteiger partial charge in [0.1, 0.15) is 0 Å². The van der Waals surface area contributed by atoms with Gasteiger partial charge >= 0.3 is 6.03 Å². The second kappa shape index (κ2) is 7.62. The lowest BCUT2D eigenvalue weighted by atomic mass is 10.3. The standard InChI is InChI=1S/C16H14BrClN6O/c1-10(19-16(25)20-13-6-3-5-12(18)9-13)15-21-22-23-24(15)14-7-2-4-11(17)8-14/h2-10H,1H3,(H2,19,20,25). The van der Waals surface area contributed by atoms with E-state index in [2.05, 4.69) is 42.1 Å². The van der Waals surface area contributed by atoms with Gasteiger partial charge in [-0.1, -0.05) is 39.7 Å². The van der Waals surface area contributed by atoms with E-state index in [0.29, 0.717) is 16.5 Å². The Kier molecular flexibility index (Phi) is 5.30. The highest BCUT2D eigenvalue weighted by Gasteiger charge is 2.18. The second-order valence-electron chi connectivity index (χ2n) is 5.26. The quantitative estimate of drug-likeness (QED) is 0.668. The van der Waals surface area contributed by atoms with Gasteiger partial charge in [-0.2, -0.15) is 4.68 Å². The van der Waals surface area contributed by atoms with Crippen LogP contribution in [0.3, 0.4) is 0 Å². The van der Waals surface area contributed by atoms with Crippen molar-refractivity contribution in [2.24, 2.45) is 0 Å². The van der Waals surface area contributed by atoms with E-state index in [-0.39, 0.29) is 6.03 Å². The molecule has 0 aliphatic heterocycles. The third kappa shape index (κ3) is 4.34. The molecule has 3 aromatic rings. The first kappa shape index (κ1) is 17.4. The predicted molar refractivity (Wildman–Crippen MR) is 98.9 cm³/mol. The maximum atomic E-state index is 12.2. The highest BCUT2D eigenvalue weighted by atomic mass is 79.9. The third-order valence-corrected chi connectivity index (χ3v) is 4.09. The average Bonchev–Trinajstić information content (AvgIpc) is 3.04. The van der Waals surface area contributed by atoms with E-state index < -0.39 is 6.04 Å². The van der Waals surface area contributed by atoms with Crippen LogP contribution in [0.15, 0.2) is 53.0 Å². The Morgan fingerprint density at radius 1 is 1.24 bits per heavy atom. The van der Waals surface area contributed by atoms with Gasteiger partial charge in [0, 0.05) is 15.2 Å². The van der Waals surface area contributed by atoms with Gasteiger partial charge in [-0.05, 0) is 53.7 Å². The van der Waals surface area contributed by atoms with Crippen LogP contribution in [0.1, 0.15) is 18.8 Å². The maximum Gasteiger partial charge on any atom is 0.319 e. The van der Waals surface area contributed by atoms with Gasteiger partial charge < -0.3 is 10.6 Å². The van der Waals surface area contributed by atoms with Gasteiger partial charge in [0.25, 0.3) is 0 Å². The molecular weight excluding hydrogens is 408 g/mol. The van der Waals surface area contributed by atoms with Crippen LogP contribution in [0.2, 0.25) is 5.02 Å². The van der Waals surface area contributed by atoms with E-state index in [9.17, 15) is 4.79 Å². The van der Waals surface area contributed by atoms with Crippen LogP contribution in [0, 0.1) is 0 Å². The summed E-state index contributed by atoms with van der Waals surface area (Å²) in [6.45, 7) is 1.80. The van der Waals surface area contributed by atoms with Crippen LogP contribution >= 0.6 is 27.5 Å². The number of carbonyl (C=O) groups is 1. The van der Waals surface area contributed by atoms with Crippen molar-refractivity contribution in [1.29, 1.82) is 0 Å². The number of amides is 2. The van der Waals surface area contributed by atoms with E-state index >= 15 is 0 Å². The number of hydrogen-bond donors (Lipinski definition) is 2. The number of aromatic nitrogens is 4. The molecule has 0 saturated carbocycles. The molecule has 1 unspecified atom stereocenters. The minimum Gasteiger partial charge on any atom is -0.328 e. The summed E-state index contributed by atoms with van der Waals surface area (Å²) >= 11 is 9.33. The fourth-order valence-electron chi connectivity index (χ4n) is 2.25. The zero-order chi connectivity index (χ0) is 17.8. The molecule has 1 aromatic heterocycles. The Balaban J connectivity index is 1.73. The Labute approximate surface area is 157 Å². The van der Waals surface area contributed by atoms with E-state index in [4.69, 9.17) is 11.6 Å². The Morgan fingerprint density at radius 2 is 2.04 bits per heavy atom. The molecule has 0 spiro atoms. The molecule has 1 heterocycles. The zero-order valence-electron chi connectivity index (χ0n) is 13.1. The largest absolute Gasteiger partial charge is 0.328 e. The lowest BCUT2D eigenvalue weighted by molar-refractivity contribution is 0.248. The SMILES string of the molecule is CC(NC(=O)Nc1cccc(Cl)c1)c1nnnn1-c1cccc(Br)c1. The second-order valence-corrected chi connectivity index (χ2v) is 6.61. The molecule has 0 aliphatic rings. The van der Waals surface area contributed by atoms with Crippen LogP contribution in [-0.4, -0.2) is 26.2 Å². The molecule has 0 fully saturated rings. The molecule has 128 valence electrons. The molecule has 2 amide bonds. The van der Waals surface area contributed by atoms with Gasteiger partial charge in [-0.25, -0.2) is 4.79 Å². The first-order valence-corrected chi connectivity index (χ1v) is 8.57. The number of nitrogens with zero attached hydrogens (tertiary/aromatic N) is 4. The molecule has 0 bridgehead atoms. The number of carbonyl (C=O) groups excluding carboxylic acids is 1. The minimum absolute atomic E-state index is 0.376. The van der Waals surface area contributed by atoms with Gasteiger partial charge in [0.2, 0.25) is 0 Å². The highest BCUT2D eigenvalue weighted by molar-refractivity contribution is 9.10. The van der Waals surface area contributed by atoms with Crippen LogP contribution in [-0.2, 0) is 0 Å². The zero-order valence-corrected chi connectivity index (χ0v) is 15.5. The minimum atomic E-state index is -0.409. The van der Waals surface area contributed by atoms with E-state index in [1.807, 2.05) is 24.3 Å². The number of hydrogen-bond acceptors (Lipinski definition) is 4. The smallest absolute Gasteiger partial charge is 0.319 e. The summed E-state index contributed by atoms with van der Waals surface area (Å²) in [6, 6.07) is 13.7. The summed E-state index contributed by atoms with van der Waals surface area (Å²) in [5, 5.41) is 17.8. The summed E-state index contributed by atoms with van der Waals surface area (Å²) in [5.41, 5.74) is 1.39. The maximum absolute atomic E-state index is 12.2. The Hall–Kier alpha value is -2.45. The van der Waals surface area contributed by atoms with Crippen molar-refractivity contribution >= 4 is 39.2 Å². The summed E-state index contributed by atoms with van der Waals surface area (Å²) in [4.78, 5) is 12.2. The lowest BCUT2D eigenvalue weighted by Gasteiger charge is -2.14.